The van der Waals surface area contributed by atoms with Gasteiger partial charge >= 0.3 is 6.03 Å². The average Bonchev–Trinajstić information content (AvgIpc) is 4.16. The summed E-state index contributed by atoms with van der Waals surface area (Å²) < 4.78 is 50.7. The lowest BCUT2D eigenvalue weighted by molar-refractivity contribution is -0.144. The van der Waals surface area contributed by atoms with Crippen LogP contribution < -0.4 is 26.2 Å². The van der Waals surface area contributed by atoms with Crippen molar-refractivity contribution in [2.24, 2.45) is 5.41 Å². The number of halogens is 2. The average molecular weight is 1160 g/mol. The molecule has 0 spiro atoms. The smallest absolute Gasteiger partial charge is 0.317 e. The number of benzene rings is 2. The molecule has 3 aromatic heterocycles. The summed E-state index contributed by atoms with van der Waals surface area (Å²) in [6.45, 7) is 11.5. The summed E-state index contributed by atoms with van der Waals surface area (Å²) in [7, 11) is 1.61. The number of ether oxygens (including phenoxy) is 3. The molecule has 24 heteroatoms. The molecule has 0 bridgehead atoms. The standard InChI is InChI=1S/C58H76F2N12O9S/c1-36-51(82-35-64-36)38-10-8-37(9-11-38)30-63-55(76)48-28-42(73)33-71(48)56(77)52(58(2,3)4)66-50(75)16-24-81-26-25-80-23-15-49(74)62-17-20-69-32-40(31-65-69)43-27-39-7-6-18-70(47(39)29-44(43)53(59)60)54-45-34-68(57(78)61-5)19-12-46(45)72(67-54)41-13-21-79-22-14-41/h8-11,27,29,31-32,35,41-42,48,52-53,73H,6-7,12-26,28,30,33-34H2,1-5H3,(H,61,78)(H,62,74)(H,63,76)(H,66,75)/t42-,48+,52-/m1/s1. The summed E-state index contributed by atoms with van der Waals surface area (Å²) in [4.78, 5) is 76.7. The minimum atomic E-state index is -2.77. The number of amides is 6. The van der Waals surface area contributed by atoms with Crippen molar-refractivity contribution in [2.45, 2.75) is 129 Å². The number of aliphatic hydroxyl groups is 1. The second kappa shape index (κ2) is 27.0. The monoisotopic (exact) mass is 1150 g/mol. The first-order chi connectivity index (χ1) is 39.5. The summed E-state index contributed by atoms with van der Waals surface area (Å²) in [5.41, 5.74) is 8.40. The molecule has 9 rings (SSSR count). The molecule has 7 heterocycles. The SMILES string of the molecule is CNC(=O)N1CCc2c(c(N3CCCc4cc(-c5cnn(CCNC(=O)CCOCCOCCC(=O)N[C@H](C(=O)N6C[C@H](O)C[C@H]6C(=O)NCc6ccc(-c7scnc7C)cc6)C(C)(C)C)c5)c(C(F)F)cc43)nn2C2CCOCC2)C1. The Morgan fingerprint density at radius 2 is 1.68 bits per heavy atom. The number of alkyl halides is 2. The molecule has 2 fully saturated rings. The third kappa shape index (κ3) is 14.3. The Kier molecular flexibility index (Phi) is 19.7. The lowest BCUT2D eigenvalue weighted by Gasteiger charge is -2.35. The number of urea groups is 1. The van der Waals surface area contributed by atoms with Crippen LogP contribution in [0.25, 0.3) is 21.6 Å². The number of thiazole rings is 1. The fraction of sp³-hybridized carbons (Fsp3) is 0.552. The Labute approximate surface area is 480 Å². The van der Waals surface area contributed by atoms with E-state index in [0.717, 1.165) is 57.8 Å². The molecular formula is C58H76F2N12O9S. The van der Waals surface area contributed by atoms with Crippen molar-refractivity contribution in [2.75, 3.05) is 77.8 Å². The van der Waals surface area contributed by atoms with E-state index in [1.54, 1.807) is 51.9 Å². The van der Waals surface area contributed by atoms with Crippen LogP contribution in [-0.2, 0) is 65.9 Å². The van der Waals surface area contributed by atoms with Crippen LogP contribution in [0.4, 0.5) is 25.1 Å². The van der Waals surface area contributed by atoms with E-state index < -0.39 is 41.8 Å². The summed E-state index contributed by atoms with van der Waals surface area (Å²) in [5, 5.41) is 31.6. The normalized spacial score (nSPS) is 17.8. The number of carbonyl (C=O) groups excluding carboxylic acids is 5. The quantitative estimate of drug-likeness (QED) is 0.0502. The molecule has 3 atom stereocenters. The van der Waals surface area contributed by atoms with E-state index in [4.69, 9.17) is 19.3 Å². The molecule has 0 unspecified atom stereocenters. The highest BCUT2D eigenvalue weighted by atomic mass is 32.1. The number of nitrogens with one attached hydrogen (secondary N) is 4. The van der Waals surface area contributed by atoms with Gasteiger partial charge in [0.1, 0.15) is 12.1 Å². The molecule has 2 saturated heterocycles. The van der Waals surface area contributed by atoms with Crippen LogP contribution in [0.1, 0.15) is 105 Å². The van der Waals surface area contributed by atoms with E-state index in [-0.39, 0.29) is 94.8 Å². The van der Waals surface area contributed by atoms with Gasteiger partial charge in [0.05, 0.1) is 73.9 Å². The van der Waals surface area contributed by atoms with E-state index in [2.05, 4.69) is 40.9 Å². The number of aryl methyl sites for hydroxylation is 2. The van der Waals surface area contributed by atoms with Crippen molar-refractivity contribution < 1.29 is 52.1 Å². The Bertz CT molecular complexity index is 3050. The Morgan fingerprint density at radius 3 is 2.38 bits per heavy atom. The van der Waals surface area contributed by atoms with Crippen molar-refractivity contribution in [3.63, 3.8) is 0 Å². The number of β-amino-alcohol motifs (C(OH)–C–C–N with tert-alkyl or cyclic N) is 1. The van der Waals surface area contributed by atoms with E-state index in [9.17, 15) is 29.1 Å². The number of fused-ring (bicyclic) bond motifs is 2. The van der Waals surface area contributed by atoms with E-state index in [1.165, 1.54) is 4.90 Å². The number of hydrogen-bond donors (Lipinski definition) is 5. The maximum atomic E-state index is 15.1. The van der Waals surface area contributed by atoms with Gasteiger partial charge in [0.15, 0.2) is 5.82 Å². The van der Waals surface area contributed by atoms with E-state index >= 15 is 8.78 Å². The second-order valence-electron chi connectivity index (χ2n) is 22.4. The van der Waals surface area contributed by atoms with Gasteiger partial charge in [-0.3, -0.25) is 28.5 Å². The summed E-state index contributed by atoms with van der Waals surface area (Å²) >= 11 is 1.56. The minimum absolute atomic E-state index is 0.0375. The number of carbonyl (C=O) groups is 5. The predicted molar refractivity (Wildman–Crippen MR) is 303 cm³/mol. The molecule has 0 radical (unpaired) electrons. The zero-order chi connectivity index (χ0) is 58.1. The van der Waals surface area contributed by atoms with Gasteiger partial charge in [-0.05, 0) is 72.4 Å². The highest BCUT2D eigenvalue weighted by molar-refractivity contribution is 7.13. The van der Waals surface area contributed by atoms with Crippen molar-refractivity contribution >= 4 is 52.5 Å². The third-order valence-corrected chi connectivity index (χ3v) is 16.6. The number of aromatic nitrogens is 5. The van der Waals surface area contributed by atoms with Gasteiger partial charge in [-0.1, -0.05) is 45.0 Å². The number of anilines is 2. The maximum absolute atomic E-state index is 15.1. The summed E-state index contributed by atoms with van der Waals surface area (Å²) in [6.07, 6.45) is 3.50. The lowest BCUT2D eigenvalue weighted by Crippen LogP contribution is -2.57. The minimum Gasteiger partial charge on any atom is -0.391 e. The summed E-state index contributed by atoms with van der Waals surface area (Å²) in [5.74, 6) is -0.803. The maximum Gasteiger partial charge on any atom is 0.317 e. The van der Waals surface area contributed by atoms with Gasteiger partial charge in [0.25, 0.3) is 6.43 Å². The molecule has 4 aliphatic heterocycles. The lowest BCUT2D eigenvalue weighted by atomic mass is 9.85. The van der Waals surface area contributed by atoms with Crippen LogP contribution in [0.3, 0.4) is 0 Å². The van der Waals surface area contributed by atoms with Crippen LogP contribution in [-0.4, -0.2) is 160 Å². The van der Waals surface area contributed by atoms with Crippen molar-refractivity contribution in [1.82, 2.24) is 55.6 Å². The topological polar surface area (TPSA) is 240 Å². The highest BCUT2D eigenvalue weighted by Crippen LogP contribution is 2.44. The Hall–Kier alpha value is -6.86. The largest absolute Gasteiger partial charge is 0.391 e. The number of aliphatic hydroxyl groups excluding tert-OH is 1. The van der Waals surface area contributed by atoms with Gasteiger partial charge in [0.2, 0.25) is 23.6 Å². The summed E-state index contributed by atoms with van der Waals surface area (Å²) in [6, 6.07) is 9.35. The number of nitrogens with zero attached hydrogens (tertiary/aromatic N) is 8. The molecular weight excluding hydrogens is 1080 g/mol. The van der Waals surface area contributed by atoms with Gasteiger partial charge in [0, 0.05) is 113 Å². The van der Waals surface area contributed by atoms with Crippen molar-refractivity contribution in [1.29, 1.82) is 0 Å². The van der Waals surface area contributed by atoms with E-state index in [0.29, 0.717) is 74.9 Å². The van der Waals surface area contributed by atoms with Gasteiger partial charge in [-0.15, -0.1) is 11.3 Å². The van der Waals surface area contributed by atoms with Crippen LogP contribution in [0, 0.1) is 12.3 Å². The molecule has 4 aliphatic rings. The van der Waals surface area contributed by atoms with Crippen LogP contribution in [0.5, 0.6) is 0 Å². The molecule has 5 aromatic rings. The number of likely N-dealkylation sites (tertiary alicyclic amines) is 1. The van der Waals surface area contributed by atoms with Crippen LogP contribution >= 0.6 is 11.3 Å². The molecule has 6 amide bonds. The highest BCUT2D eigenvalue weighted by Gasteiger charge is 2.45. The van der Waals surface area contributed by atoms with Crippen molar-refractivity contribution in [3.8, 4) is 21.6 Å². The molecule has 21 nitrogen and oxygen atoms in total. The molecule has 2 aromatic carbocycles. The molecule has 442 valence electrons. The van der Waals surface area contributed by atoms with Gasteiger partial charge in [-0.25, -0.2) is 18.6 Å². The Balaban J connectivity index is 0.692. The fourth-order valence-electron chi connectivity index (χ4n) is 11.2. The van der Waals surface area contributed by atoms with Gasteiger partial charge in [-0.2, -0.15) is 10.2 Å². The number of hydrogen-bond acceptors (Lipinski definition) is 14. The molecule has 82 heavy (non-hydrogen) atoms. The zero-order valence-electron chi connectivity index (χ0n) is 47.4. The first-order valence-electron chi connectivity index (χ1n) is 28.3. The van der Waals surface area contributed by atoms with Crippen molar-refractivity contribution in [3.05, 3.63) is 87.9 Å². The molecule has 0 saturated carbocycles. The van der Waals surface area contributed by atoms with Crippen LogP contribution in [0.2, 0.25) is 0 Å². The fourth-order valence-corrected chi connectivity index (χ4v) is 12.0. The molecule has 0 aliphatic carbocycles. The zero-order valence-corrected chi connectivity index (χ0v) is 48.2. The van der Waals surface area contributed by atoms with E-state index in [1.807, 2.05) is 58.0 Å². The third-order valence-electron chi connectivity index (χ3n) is 15.6. The second-order valence-corrected chi connectivity index (χ2v) is 23.3. The number of rotatable bonds is 22. The Morgan fingerprint density at radius 1 is 0.939 bits per heavy atom. The first-order valence-corrected chi connectivity index (χ1v) is 29.2. The predicted octanol–water partition coefficient (Wildman–Crippen LogP) is 5.99. The van der Waals surface area contributed by atoms with Crippen LogP contribution in [0.15, 0.2) is 54.3 Å². The van der Waals surface area contributed by atoms with Gasteiger partial charge < -0.3 is 55.3 Å². The molecule has 5 N–H and O–H groups in total. The first kappa shape index (κ1) is 59.8.